The zero-order chi connectivity index (χ0) is 15.0. The van der Waals surface area contributed by atoms with E-state index in [1.165, 1.54) is 10.4 Å². The highest BCUT2D eigenvalue weighted by Crippen LogP contribution is 2.28. The first kappa shape index (κ1) is 13.9. The number of thiazole rings is 1. The van der Waals surface area contributed by atoms with Crippen LogP contribution in [0.3, 0.4) is 0 Å². The Hall–Kier alpha value is -2.05. The molecule has 0 bridgehead atoms. The van der Waals surface area contributed by atoms with Gasteiger partial charge in [-0.05, 0) is 20.8 Å². The third-order valence-electron chi connectivity index (χ3n) is 3.46. The summed E-state index contributed by atoms with van der Waals surface area (Å²) in [4.78, 5) is 5.75. The molecule has 108 valence electrons. The summed E-state index contributed by atoms with van der Waals surface area (Å²) in [5, 5.41) is 9.28. The standard InChI is InChI=1S/C15H17N5S/c1-9-4-6-12(7-5-9)14-13(8-16)18-19-20(14)15-17-10(2)11(3)21-15/h4-7H,8,16H2,1-3H3. The molecule has 1 aromatic carbocycles. The SMILES string of the molecule is Cc1ccc(-c2c(CN)nnn2-c2nc(C)c(C)s2)cc1. The largest absolute Gasteiger partial charge is 0.325 e. The molecule has 3 rings (SSSR count). The van der Waals surface area contributed by atoms with Crippen molar-refractivity contribution in [1.82, 2.24) is 20.0 Å². The van der Waals surface area contributed by atoms with Crippen LogP contribution in [0, 0.1) is 20.8 Å². The van der Waals surface area contributed by atoms with Gasteiger partial charge in [-0.1, -0.05) is 46.4 Å². The van der Waals surface area contributed by atoms with Crippen molar-refractivity contribution in [2.24, 2.45) is 5.73 Å². The minimum absolute atomic E-state index is 0.354. The fourth-order valence-corrected chi connectivity index (χ4v) is 3.00. The molecule has 21 heavy (non-hydrogen) atoms. The Morgan fingerprint density at radius 1 is 1.14 bits per heavy atom. The summed E-state index contributed by atoms with van der Waals surface area (Å²) in [5.41, 5.74) is 10.8. The van der Waals surface area contributed by atoms with E-state index in [2.05, 4.69) is 53.4 Å². The molecule has 5 nitrogen and oxygen atoms in total. The van der Waals surface area contributed by atoms with E-state index in [4.69, 9.17) is 5.73 Å². The zero-order valence-electron chi connectivity index (χ0n) is 12.3. The van der Waals surface area contributed by atoms with Crippen LogP contribution in [0.4, 0.5) is 0 Å². The maximum Gasteiger partial charge on any atom is 0.212 e. The lowest BCUT2D eigenvalue weighted by atomic mass is 10.1. The molecule has 0 unspecified atom stereocenters. The normalized spacial score (nSPS) is 11.0. The van der Waals surface area contributed by atoms with Gasteiger partial charge in [0.1, 0.15) is 11.4 Å². The van der Waals surface area contributed by atoms with Gasteiger partial charge in [-0.25, -0.2) is 4.98 Å². The van der Waals surface area contributed by atoms with E-state index < -0.39 is 0 Å². The van der Waals surface area contributed by atoms with Gasteiger partial charge in [-0.3, -0.25) is 0 Å². The summed E-state index contributed by atoms with van der Waals surface area (Å²) < 4.78 is 1.79. The number of hydrogen-bond acceptors (Lipinski definition) is 5. The third-order valence-corrected chi connectivity index (χ3v) is 4.51. The molecule has 0 saturated heterocycles. The molecule has 0 aliphatic heterocycles. The van der Waals surface area contributed by atoms with Crippen LogP contribution >= 0.6 is 11.3 Å². The van der Waals surface area contributed by atoms with Crippen molar-refractivity contribution in [3.05, 3.63) is 46.1 Å². The first-order chi connectivity index (χ1) is 10.1. The van der Waals surface area contributed by atoms with E-state index in [0.717, 1.165) is 27.8 Å². The van der Waals surface area contributed by atoms with Crippen molar-refractivity contribution in [2.45, 2.75) is 27.3 Å². The van der Waals surface area contributed by atoms with Gasteiger partial charge in [0.05, 0.1) is 5.69 Å². The first-order valence-corrected chi connectivity index (χ1v) is 7.58. The second kappa shape index (κ2) is 5.38. The Kier molecular flexibility index (Phi) is 3.57. The van der Waals surface area contributed by atoms with E-state index in [9.17, 15) is 0 Å². The Labute approximate surface area is 127 Å². The monoisotopic (exact) mass is 299 g/mol. The van der Waals surface area contributed by atoms with E-state index in [1.54, 1.807) is 16.0 Å². The molecule has 0 radical (unpaired) electrons. The summed E-state index contributed by atoms with van der Waals surface area (Å²) in [5.74, 6) is 0. The molecule has 2 N–H and O–H groups in total. The van der Waals surface area contributed by atoms with Gasteiger partial charge in [0.25, 0.3) is 0 Å². The van der Waals surface area contributed by atoms with Gasteiger partial charge >= 0.3 is 0 Å². The second-order valence-corrected chi connectivity index (χ2v) is 6.19. The number of nitrogens with zero attached hydrogens (tertiary/aromatic N) is 4. The first-order valence-electron chi connectivity index (χ1n) is 6.76. The summed E-state index contributed by atoms with van der Waals surface area (Å²) >= 11 is 1.61. The Balaban J connectivity index is 2.18. The van der Waals surface area contributed by atoms with Gasteiger partial charge in [-0.2, -0.15) is 4.68 Å². The number of aryl methyl sites for hydroxylation is 3. The Morgan fingerprint density at radius 2 is 1.86 bits per heavy atom. The van der Waals surface area contributed by atoms with Crippen LogP contribution in [0.2, 0.25) is 0 Å². The number of nitrogens with two attached hydrogens (primary N) is 1. The highest BCUT2D eigenvalue weighted by Gasteiger charge is 2.18. The van der Waals surface area contributed by atoms with Crippen molar-refractivity contribution < 1.29 is 0 Å². The minimum Gasteiger partial charge on any atom is -0.325 e. The van der Waals surface area contributed by atoms with Gasteiger partial charge < -0.3 is 5.73 Å². The van der Waals surface area contributed by atoms with Crippen LogP contribution in [0.1, 0.15) is 21.8 Å². The topological polar surface area (TPSA) is 69.6 Å². The molecule has 0 aliphatic rings. The number of rotatable bonds is 3. The lowest BCUT2D eigenvalue weighted by Gasteiger charge is -2.05. The van der Waals surface area contributed by atoms with Crippen LogP contribution < -0.4 is 5.73 Å². The van der Waals surface area contributed by atoms with E-state index in [0.29, 0.717) is 6.54 Å². The van der Waals surface area contributed by atoms with Crippen LogP contribution in [-0.4, -0.2) is 20.0 Å². The molecule has 0 atom stereocenters. The van der Waals surface area contributed by atoms with Crippen molar-refractivity contribution in [3.63, 3.8) is 0 Å². The molecule has 0 aliphatic carbocycles. The molecule has 2 heterocycles. The van der Waals surface area contributed by atoms with E-state index in [1.807, 2.05) is 6.92 Å². The van der Waals surface area contributed by atoms with Crippen molar-refractivity contribution in [3.8, 4) is 16.4 Å². The highest BCUT2D eigenvalue weighted by atomic mass is 32.1. The molecule has 6 heteroatoms. The van der Waals surface area contributed by atoms with Crippen molar-refractivity contribution >= 4 is 11.3 Å². The summed E-state index contributed by atoms with van der Waals surface area (Å²) in [6.07, 6.45) is 0. The predicted octanol–water partition coefficient (Wildman–Crippen LogP) is 2.77. The van der Waals surface area contributed by atoms with Crippen molar-refractivity contribution in [2.75, 3.05) is 0 Å². The molecular weight excluding hydrogens is 282 g/mol. The summed E-state index contributed by atoms with van der Waals surface area (Å²) in [6, 6.07) is 8.28. The lowest BCUT2D eigenvalue weighted by molar-refractivity contribution is 0.792. The summed E-state index contributed by atoms with van der Waals surface area (Å²) in [6.45, 7) is 6.48. The van der Waals surface area contributed by atoms with Gasteiger partial charge in [0.15, 0.2) is 0 Å². The maximum atomic E-state index is 5.81. The fourth-order valence-electron chi connectivity index (χ4n) is 2.13. The van der Waals surface area contributed by atoms with Crippen LogP contribution in [0.25, 0.3) is 16.4 Å². The van der Waals surface area contributed by atoms with E-state index >= 15 is 0 Å². The molecule has 0 amide bonds. The van der Waals surface area contributed by atoms with Gasteiger partial charge in [0, 0.05) is 17.0 Å². The summed E-state index contributed by atoms with van der Waals surface area (Å²) in [7, 11) is 0. The van der Waals surface area contributed by atoms with Crippen LogP contribution in [0.5, 0.6) is 0 Å². The Bertz CT molecular complexity index is 750. The zero-order valence-corrected chi connectivity index (χ0v) is 13.1. The molecule has 0 fully saturated rings. The molecule has 0 saturated carbocycles. The number of aromatic nitrogens is 4. The average molecular weight is 299 g/mol. The smallest absolute Gasteiger partial charge is 0.212 e. The number of hydrogen-bond donors (Lipinski definition) is 1. The van der Waals surface area contributed by atoms with Crippen molar-refractivity contribution in [1.29, 1.82) is 0 Å². The Morgan fingerprint density at radius 3 is 2.43 bits per heavy atom. The van der Waals surface area contributed by atoms with Gasteiger partial charge in [0.2, 0.25) is 5.13 Å². The molecule has 0 spiro atoms. The molecular formula is C15H17N5S. The molecule has 3 aromatic rings. The maximum absolute atomic E-state index is 5.81. The van der Waals surface area contributed by atoms with Gasteiger partial charge in [-0.15, -0.1) is 5.10 Å². The quantitative estimate of drug-likeness (QED) is 0.807. The predicted molar refractivity (Wildman–Crippen MR) is 84.6 cm³/mol. The lowest BCUT2D eigenvalue weighted by Crippen LogP contribution is -2.02. The second-order valence-electron chi connectivity index (χ2n) is 5.00. The highest BCUT2D eigenvalue weighted by molar-refractivity contribution is 7.14. The molecule has 2 aromatic heterocycles. The van der Waals surface area contributed by atoms with Crippen LogP contribution in [0.15, 0.2) is 24.3 Å². The third kappa shape index (κ3) is 2.48. The van der Waals surface area contributed by atoms with E-state index in [-0.39, 0.29) is 0 Å². The minimum atomic E-state index is 0.354. The fraction of sp³-hybridized carbons (Fsp3) is 0.267. The van der Waals surface area contributed by atoms with Crippen LogP contribution in [-0.2, 0) is 6.54 Å². The average Bonchev–Trinajstić information content (AvgIpc) is 3.04. The number of benzene rings is 1.